The lowest BCUT2D eigenvalue weighted by Gasteiger charge is -2.22. The molecule has 4 heteroatoms. The second kappa shape index (κ2) is 6.18. The maximum Gasteiger partial charge on any atom is 0.141 e. The molecule has 0 saturated carbocycles. The summed E-state index contributed by atoms with van der Waals surface area (Å²) in [7, 11) is 3.93. The summed E-state index contributed by atoms with van der Waals surface area (Å²) in [6, 6.07) is 10.2. The number of hydrogen-bond acceptors (Lipinski definition) is 4. The van der Waals surface area contributed by atoms with Crippen molar-refractivity contribution in [1.82, 2.24) is 9.97 Å². The first kappa shape index (κ1) is 13.3. The molecule has 0 radical (unpaired) electrons. The Morgan fingerprint density at radius 3 is 2.53 bits per heavy atom. The van der Waals surface area contributed by atoms with Crippen LogP contribution in [0.2, 0.25) is 0 Å². The lowest BCUT2D eigenvalue weighted by Crippen LogP contribution is -2.15. The number of hydrogen-bond donors (Lipinski definition) is 1. The SMILES string of the molecule is CCCc1c(NC)ncnc1N(C)c1ccccc1. The van der Waals surface area contributed by atoms with E-state index in [2.05, 4.69) is 39.2 Å². The van der Waals surface area contributed by atoms with Crippen molar-refractivity contribution in [1.29, 1.82) is 0 Å². The predicted octanol–water partition coefficient (Wildman–Crippen LogP) is 3.24. The molecule has 0 fully saturated rings. The van der Waals surface area contributed by atoms with E-state index in [1.54, 1.807) is 6.33 Å². The van der Waals surface area contributed by atoms with Gasteiger partial charge in [-0.25, -0.2) is 9.97 Å². The van der Waals surface area contributed by atoms with Gasteiger partial charge >= 0.3 is 0 Å². The van der Waals surface area contributed by atoms with Gasteiger partial charge in [-0.2, -0.15) is 0 Å². The van der Waals surface area contributed by atoms with E-state index in [9.17, 15) is 0 Å². The first-order chi connectivity index (χ1) is 9.27. The summed E-state index contributed by atoms with van der Waals surface area (Å²) >= 11 is 0. The molecule has 0 aliphatic carbocycles. The van der Waals surface area contributed by atoms with Gasteiger partial charge in [-0.3, -0.25) is 0 Å². The first-order valence-corrected chi connectivity index (χ1v) is 6.58. The van der Waals surface area contributed by atoms with Crippen LogP contribution in [0.5, 0.6) is 0 Å². The van der Waals surface area contributed by atoms with Crippen molar-refractivity contribution in [2.45, 2.75) is 19.8 Å². The van der Waals surface area contributed by atoms with Crippen LogP contribution in [0.1, 0.15) is 18.9 Å². The van der Waals surface area contributed by atoms with Crippen LogP contribution in [-0.2, 0) is 6.42 Å². The number of rotatable bonds is 5. The Morgan fingerprint density at radius 1 is 1.16 bits per heavy atom. The summed E-state index contributed by atoms with van der Waals surface area (Å²) in [6.45, 7) is 2.17. The highest BCUT2D eigenvalue weighted by atomic mass is 15.2. The second-order valence-corrected chi connectivity index (χ2v) is 4.42. The van der Waals surface area contributed by atoms with Crippen molar-refractivity contribution in [3.8, 4) is 0 Å². The Labute approximate surface area is 114 Å². The van der Waals surface area contributed by atoms with E-state index < -0.39 is 0 Å². The van der Waals surface area contributed by atoms with Gasteiger partial charge in [0.1, 0.15) is 18.0 Å². The number of nitrogens with one attached hydrogen (secondary N) is 1. The maximum absolute atomic E-state index is 4.46. The Hall–Kier alpha value is -2.10. The van der Waals surface area contributed by atoms with Gasteiger partial charge in [0, 0.05) is 25.3 Å². The summed E-state index contributed by atoms with van der Waals surface area (Å²) in [4.78, 5) is 10.9. The lowest BCUT2D eigenvalue weighted by molar-refractivity contribution is 0.893. The Morgan fingerprint density at radius 2 is 1.89 bits per heavy atom. The molecule has 0 atom stereocenters. The van der Waals surface area contributed by atoms with Crippen LogP contribution < -0.4 is 10.2 Å². The fourth-order valence-corrected chi connectivity index (χ4v) is 2.16. The number of nitrogens with zero attached hydrogens (tertiary/aromatic N) is 3. The summed E-state index contributed by atoms with van der Waals surface area (Å²) in [5, 5.41) is 3.15. The highest BCUT2D eigenvalue weighted by Crippen LogP contribution is 2.28. The average molecular weight is 256 g/mol. The van der Waals surface area contributed by atoms with Crippen molar-refractivity contribution in [2.75, 3.05) is 24.3 Å². The lowest BCUT2D eigenvalue weighted by atomic mass is 10.1. The molecule has 1 aromatic carbocycles. The van der Waals surface area contributed by atoms with Crippen LogP contribution in [0.4, 0.5) is 17.3 Å². The van der Waals surface area contributed by atoms with E-state index in [0.717, 1.165) is 30.2 Å². The van der Waals surface area contributed by atoms with Crippen LogP contribution in [-0.4, -0.2) is 24.1 Å². The van der Waals surface area contributed by atoms with E-state index in [-0.39, 0.29) is 0 Å². The van der Waals surface area contributed by atoms with Crippen LogP contribution in [0.3, 0.4) is 0 Å². The van der Waals surface area contributed by atoms with Gasteiger partial charge in [0.2, 0.25) is 0 Å². The van der Waals surface area contributed by atoms with Gasteiger partial charge in [0.05, 0.1) is 0 Å². The van der Waals surface area contributed by atoms with E-state index in [1.165, 1.54) is 5.56 Å². The highest BCUT2D eigenvalue weighted by Gasteiger charge is 2.14. The van der Waals surface area contributed by atoms with Gasteiger partial charge < -0.3 is 10.2 Å². The van der Waals surface area contributed by atoms with Crippen molar-refractivity contribution in [2.24, 2.45) is 0 Å². The molecule has 2 aromatic rings. The standard InChI is InChI=1S/C15H20N4/c1-4-8-13-14(16-2)17-11-18-15(13)19(3)12-9-6-5-7-10-12/h5-7,9-11H,4,8H2,1-3H3,(H,16,17,18). The van der Waals surface area contributed by atoms with Gasteiger partial charge in [0.25, 0.3) is 0 Å². The number of para-hydroxylation sites is 1. The minimum Gasteiger partial charge on any atom is -0.373 e. The quantitative estimate of drug-likeness (QED) is 0.891. The topological polar surface area (TPSA) is 41.1 Å². The molecule has 1 heterocycles. The van der Waals surface area contributed by atoms with Crippen molar-refractivity contribution >= 4 is 17.3 Å². The zero-order valence-corrected chi connectivity index (χ0v) is 11.7. The number of aromatic nitrogens is 2. The largest absolute Gasteiger partial charge is 0.373 e. The fraction of sp³-hybridized carbons (Fsp3) is 0.333. The van der Waals surface area contributed by atoms with Gasteiger partial charge in [0.15, 0.2) is 0 Å². The van der Waals surface area contributed by atoms with Gasteiger partial charge in [-0.15, -0.1) is 0 Å². The normalized spacial score (nSPS) is 10.3. The molecule has 19 heavy (non-hydrogen) atoms. The molecule has 1 aromatic heterocycles. The molecule has 0 bridgehead atoms. The Kier molecular flexibility index (Phi) is 4.34. The van der Waals surface area contributed by atoms with Crippen LogP contribution in [0, 0.1) is 0 Å². The minimum atomic E-state index is 0.912. The molecule has 0 aliphatic rings. The van der Waals surface area contributed by atoms with E-state index >= 15 is 0 Å². The van der Waals surface area contributed by atoms with Crippen molar-refractivity contribution < 1.29 is 0 Å². The van der Waals surface area contributed by atoms with Gasteiger partial charge in [-0.1, -0.05) is 31.5 Å². The maximum atomic E-state index is 4.46. The van der Waals surface area contributed by atoms with E-state index in [4.69, 9.17) is 0 Å². The van der Waals surface area contributed by atoms with Gasteiger partial charge in [-0.05, 0) is 18.6 Å². The Balaban J connectivity index is 2.44. The molecular weight excluding hydrogens is 236 g/mol. The zero-order chi connectivity index (χ0) is 13.7. The summed E-state index contributed by atoms with van der Waals surface area (Å²) < 4.78 is 0. The molecule has 0 spiro atoms. The summed E-state index contributed by atoms with van der Waals surface area (Å²) in [5.74, 6) is 1.88. The minimum absolute atomic E-state index is 0.912. The molecule has 100 valence electrons. The third-order valence-corrected chi connectivity index (χ3v) is 3.12. The van der Waals surface area contributed by atoms with Crippen LogP contribution >= 0.6 is 0 Å². The predicted molar refractivity (Wildman–Crippen MR) is 80.1 cm³/mol. The first-order valence-electron chi connectivity index (χ1n) is 6.58. The zero-order valence-electron chi connectivity index (χ0n) is 11.7. The van der Waals surface area contributed by atoms with Crippen LogP contribution in [0.25, 0.3) is 0 Å². The fourth-order valence-electron chi connectivity index (χ4n) is 2.16. The molecule has 2 rings (SSSR count). The molecule has 1 N–H and O–H groups in total. The van der Waals surface area contributed by atoms with Crippen molar-refractivity contribution in [3.05, 3.63) is 42.2 Å². The van der Waals surface area contributed by atoms with Crippen LogP contribution in [0.15, 0.2) is 36.7 Å². The molecule has 0 amide bonds. The molecule has 0 aliphatic heterocycles. The number of benzene rings is 1. The molecule has 0 unspecified atom stereocenters. The highest BCUT2D eigenvalue weighted by molar-refractivity contribution is 5.66. The molecular formula is C15H20N4. The molecule has 4 nitrogen and oxygen atoms in total. The third kappa shape index (κ3) is 2.84. The Bertz CT molecular complexity index is 525. The monoisotopic (exact) mass is 256 g/mol. The third-order valence-electron chi connectivity index (χ3n) is 3.12. The average Bonchev–Trinajstić information content (AvgIpc) is 2.48. The summed E-state index contributed by atoms with van der Waals surface area (Å²) in [5.41, 5.74) is 2.29. The molecule has 0 saturated heterocycles. The smallest absolute Gasteiger partial charge is 0.141 e. The number of anilines is 3. The summed E-state index contributed by atoms with van der Waals surface area (Å²) in [6.07, 6.45) is 3.64. The second-order valence-electron chi connectivity index (χ2n) is 4.42. The van der Waals surface area contributed by atoms with E-state index in [1.807, 2.05) is 32.3 Å². The van der Waals surface area contributed by atoms with E-state index in [0.29, 0.717) is 0 Å². The van der Waals surface area contributed by atoms with Crippen molar-refractivity contribution in [3.63, 3.8) is 0 Å².